The predicted octanol–water partition coefficient (Wildman–Crippen LogP) is 1.84. The van der Waals surface area contributed by atoms with Gasteiger partial charge < -0.3 is 11.1 Å². The van der Waals surface area contributed by atoms with Crippen LogP contribution in [0.4, 0.5) is 0 Å². The van der Waals surface area contributed by atoms with Gasteiger partial charge in [0.1, 0.15) is 4.60 Å². The van der Waals surface area contributed by atoms with E-state index < -0.39 is 0 Å². The van der Waals surface area contributed by atoms with Crippen LogP contribution >= 0.6 is 15.9 Å². The van der Waals surface area contributed by atoms with Gasteiger partial charge >= 0.3 is 0 Å². The van der Waals surface area contributed by atoms with Gasteiger partial charge in [0.25, 0.3) is 5.91 Å². The highest BCUT2D eigenvalue weighted by atomic mass is 79.9. The Bertz CT molecular complexity index is 402. The maximum atomic E-state index is 12.0. The summed E-state index contributed by atoms with van der Waals surface area (Å²) in [7, 11) is 0. The summed E-state index contributed by atoms with van der Waals surface area (Å²) < 4.78 is 0.588. The topological polar surface area (TPSA) is 68.0 Å². The van der Waals surface area contributed by atoms with Crippen LogP contribution < -0.4 is 11.1 Å². The van der Waals surface area contributed by atoms with Crippen molar-refractivity contribution in [3.8, 4) is 0 Å². The normalized spacial score (nSPS) is 24.4. The lowest BCUT2D eigenvalue weighted by Gasteiger charge is -2.26. The first-order valence-corrected chi connectivity index (χ1v) is 6.63. The molecule has 2 rings (SSSR count). The Morgan fingerprint density at radius 2 is 2.12 bits per heavy atom. The Kier molecular flexibility index (Phi) is 4.12. The molecule has 1 aromatic rings. The fraction of sp³-hybridized carbons (Fsp3) is 0.500. The molecule has 0 bridgehead atoms. The van der Waals surface area contributed by atoms with Crippen LogP contribution in [0.5, 0.6) is 0 Å². The lowest BCUT2D eigenvalue weighted by molar-refractivity contribution is 0.0924. The number of carbonyl (C=O) groups is 1. The van der Waals surface area contributed by atoms with E-state index in [4.69, 9.17) is 5.73 Å². The standard InChI is InChI=1S/C12H16BrN3O/c13-11-10(2-1-7-15-11)12(17)16-9-5-3-8(14)4-6-9/h1-2,7-9H,3-6,14H2,(H,16,17). The number of pyridine rings is 1. The first kappa shape index (κ1) is 12.5. The first-order valence-electron chi connectivity index (χ1n) is 5.84. The largest absolute Gasteiger partial charge is 0.349 e. The summed E-state index contributed by atoms with van der Waals surface area (Å²) in [5, 5.41) is 3.03. The van der Waals surface area contributed by atoms with Crippen LogP contribution in [0.2, 0.25) is 0 Å². The van der Waals surface area contributed by atoms with Gasteiger partial charge in [-0.2, -0.15) is 0 Å². The van der Waals surface area contributed by atoms with Crippen molar-refractivity contribution in [3.63, 3.8) is 0 Å². The van der Waals surface area contributed by atoms with Gasteiger partial charge in [0, 0.05) is 18.3 Å². The molecule has 1 aliphatic rings. The number of nitrogens with two attached hydrogens (primary N) is 1. The van der Waals surface area contributed by atoms with Crippen molar-refractivity contribution in [1.29, 1.82) is 0 Å². The van der Waals surface area contributed by atoms with Crippen LogP contribution in [-0.4, -0.2) is 23.0 Å². The van der Waals surface area contributed by atoms with E-state index in [1.807, 2.05) is 0 Å². The molecule has 3 N–H and O–H groups in total. The second kappa shape index (κ2) is 5.60. The van der Waals surface area contributed by atoms with Crippen molar-refractivity contribution in [2.75, 3.05) is 0 Å². The van der Waals surface area contributed by atoms with Crippen LogP contribution in [0.1, 0.15) is 36.0 Å². The number of aromatic nitrogens is 1. The summed E-state index contributed by atoms with van der Waals surface area (Å²) in [4.78, 5) is 16.0. The molecule has 17 heavy (non-hydrogen) atoms. The molecule has 4 nitrogen and oxygen atoms in total. The fourth-order valence-electron chi connectivity index (χ4n) is 2.08. The molecule has 1 amide bonds. The molecule has 0 aromatic carbocycles. The highest BCUT2D eigenvalue weighted by Gasteiger charge is 2.21. The number of hydrogen-bond acceptors (Lipinski definition) is 3. The van der Waals surface area contributed by atoms with Gasteiger partial charge in [0.05, 0.1) is 5.56 Å². The molecule has 1 saturated carbocycles. The molecular formula is C12H16BrN3O. The van der Waals surface area contributed by atoms with E-state index in [1.54, 1.807) is 18.3 Å². The van der Waals surface area contributed by atoms with Crippen LogP contribution in [0.15, 0.2) is 22.9 Å². The molecule has 92 valence electrons. The van der Waals surface area contributed by atoms with Gasteiger partial charge in [-0.05, 0) is 53.7 Å². The van der Waals surface area contributed by atoms with Gasteiger partial charge in [-0.3, -0.25) is 4.79 Å². The summed E-state index contributed by atoms with van der Waals surface area (Å²) in [6.45, 7) is 0. The Labute approximate surface area is 109 Å². The third kappa shape index (κ3) is 3.26. The zero-order valence-electron chi connectivity index (χ0n) is 9.53. The van der Waals surface area contributed by atoms with Crippen molar-refractivity contribution < 1.29 is 4.79 Å². The lowest BCUT2D eigenvalue weighted by atomic mass is 9.92. The zero-order valence-corrected chi connectivity index (χ0v) is 11.1. The molecule has 0 spiro atoms. The molecule has 0 unspecified atom stereocenters. The lowest BCUT2D eigenvalue weighted by Crippen LogP contribution is -2.40. The summed E-state index contributed by atoms with van der Waals surface area (Å²) in [5.41, 5.74) is 6.42. The monoisotopic (exact) mass is 297 g/mol. The summed E-state index contributed by atoms with van der Waals surface area (Å²) in [6, 6.07) is 4.07. The number of halogens is 1. The molecule has 0 saturated heterocycles. The number of nitrogens with zero attached hydrogens (tertiary/aromatic N) is 1. The van der Waals surface area contributed by atoms with E-state index in [2.05, 4.69) is 26.2 Å². The van der Waals surface area contributed by atoms with Crippen LogP contribution in [0.25, 0.3) is 0 Å². The van der Waals surface area contributed by atoms with Gasteiger partial charge in [-0.25, -0.2) is 4.98 Å². The molecule has 0 aliphatic heterocycles. The van der Waals surface area contributed by atoms with Gasteiger partial charge in [-0.15, -0.1) is 0 Å². The number of carbonyl (C=O) groups excluding carboxylic acids is 1. The SMILES string of the molecule is NC1CCC(NC(=O)c2cccnc2Br)CC1. The number of nitrogens with one attached hydrogen (secondary N) is 1. The van der Waals surface area contributed by atoms with Gasteiger partial charge in [-0.1, -0.05) is 0 Å². The third-order valence-corrected chi connectivity index (χ3v) is 3.74. The summed E-state index contributed by atoms with van der Waals surface area (Å²) in [5.74, 6) is -0.0644. The second-order valence-electron chi connectivity index (χ2n) is 4.43. The van der Waals surface area contributed by atoms with E-state index in [0.717, 1.165) is 25.7 Å². The molecule has 1 aliphatic carbocycles. The molecule has 1 heterocycles. The maximum absolute atomic E-state index is 12.0. The average molecular weight is 298 g/mol. The molecule has 5 heteroatoms. The minimum atomic E-state index is -0.0644. The van der Waals surface area contributed by atoms with Crippen molar-refractivity contribution >= 4 is 21.8 Å². The van der Waals surface area contributed by atoms with E-state index in [9.17, 15) is 4.79 Å². The summed E-state index contributed by atoms with van der Waals surface area (Å²) in [6.07, 6.45) is 5.55. The minimum absolute atomic E-state index is 0.0644. The number of rotatable bonds is 2. The Morgan fingerprint density at radius 3 is 2.76 bits per heavy atom. The number of hydrogen-bond donors (Lipinski definition) is 2. The first-order chi connectivity index (χ1) is 8.16. The van der Waals surface area contributed by atoms with Crippen molar-refractivity contribution in [3.05, 3.63) is 28.5 Å². The van der Waals surface area contributed by atoms with E-state index >= 15 is 0 Å². The van der Waals surface area contributed by atoms with Crippen LogP contribution in [0, 0.1) is 0 Å². The highest BCUT2D eigenvalue weighted by Crippen LogP contribution is 2.18. The van der Waals surface area contributed by atoms with Gasteiger partial charge in [0.15, 0.2) is 0 Å². The average Bonchev–Trinajstić information content (AvgIpc) is 2.32. The van der Waals surface area contributed by atoms with Crippen molar-refractivity contribution in [2.45, 2.75) is 37.8 Å². The van der Waals surface area contributed by atoms with Crippen LogP contribution in [-0.2, 0) is 0 Å². The van der Waals surface area contributed by atoms with Gasteiger partial charge in [0.2, 0.25) is 0 Å². The Morgan fingerprint density at radius 1 is 1.41 bits per heavy atom. The van der Waals surface area contributed by atoms with E-state index in [1.165, 1.54) is 0 Å². The molecule has 1 aromatic heterocycles. The highest BCUT2D eigenvalue weighted by molar-refractivity contribution is 9.10. The number of amides is 1. The van der Waals surface area contributed by atoms with Crippen LogP contribution in [0.3, 0.4) is 0 Å². The third-order valence-electron chi connectivity index (χ3n) is 3.11. The second-order valence-corrected chi connectivity index (χ2v) is 5.18. The quantitative estimate of drug-likeness (QED) is 0.819. The van der Waals surface area contributed by atoms with E-state index in [-0.39, 0.29) is 11.9 Å². The maximum Gasteiger partial charge on any atom is 0.254 e. The smallest absolute Gasteiger partial charge is 0.254 e. The molecular weight excluding hydrogens is 282 g/mol. The van der Waals surface area contributed by atoms with Crippen molar-refractivity contribution in [1.82, 2.24) is 10.3 Å². The molecule has 0 atom stereocenters. The molecule has 0 radical (unpaired) electrons. The fourth-order valence-corrected chi connectivity index (χ4v) is 2.51. The summed E-state index contributed by atoms with van der Waals surface area (Å²) >= 11 is 3.28. The predicted molar refractivity (Wildman–Crippen MR) is 69.6 cm³/mol. The minimum Gasteiger partial charge on any atom is -0.349 e. The van der Waals surface area contributed by atoms with Crippen molar-refractivity contribution in [2.24, 2.45) is 5.73 Å². The zero-order chi connectivity index (χ0) is 12.3. The van der Waals surface area contributed by atoms with E-state index in [0.29, 0.717) is 16.2 Å². The molecule has 1 fully saturated rings. The Hall–Kier alpha value is -0.940. The Balaban J connectivity index is 1.96.